The third kappa shape index (κ3) is 4.07. The second-order valence-corrected chi connectivity index (χ2v) is 6.09. The Morgan fingerprint density at radius 2 is 2.04 bits per heavy atom. The van der Waals surface area contributed by atoms with Crippen LogP contribution in [0.1, 0.15) is 19.3 Å². The standard InChI is InChI=1S/C10H17N5O7S/c11-4-3-8(16)12-13-9(17)7-2-1-6-5-14(7)10(18)15(6)22-23(19,20)21/h6-7H,1-5,11H2,(H,12,16)(H,13,17)(H,19,20,21)/t6-,7+/m1/s1. The van der Waals surface area contributed by atoms with Crippen LogP contribution in [0.2, 0.25) is 0 Å². The third-order valence-electron chi connectivity index (χ3n) is 3.50. The Kier molecular flexibility index (Phi) is 5.03. The van der Waals surface area contributed by atoms with Gasteiger partial charge in [0, 0.05) is 19.5 Å². The molecule has 0 aliphatic carbocycles. The molecule has 2 heterocycles. The SMILES string of the molecule is NCCC(=O)NNC(=O)[C@@H]1CC[C@@H]2CN1C(=O)N2OS(=O)(=O)O. The maximum Gasteiger partial charge on any atom is 0.418 e. The second-order valence-electron chi connectivity index (χ2n) is 5.09. The van der Waals surface area contributed by atoms with Gasteiger partial charge in [-0.3, -0.25) is 25.0 Å². The molecular formula is C10H17N5O7S. The third-order valence-corrected chi connectivity index (χ3v) is 3.85. The van der Waals surface area contributed by atoms with Crippen LogP contribution < -0.4 is 16.6 Å². The highest BCUT2D eigenvalue weighted by Gasteiger charge is 2.49. The predicted molar refractivity (Wildman–Crippen MR) is 73.3 cm³/mol. The van der Waals surface area contributed by atoms with Crippen LogP contribution in [0.25, 0.3) is 0 Å². The van der Waals surface area contributed by atoms with Crippen molar-refractivity contribution < 1.29 is 31.6 Å². The Bertz CT molecular complexity index is 609. The van der Waals surface area contributed by atoms with Gasteiger partial charge in [0.15, 0.2) is 0 Å². The van der Waals surface area contributed by atoms with E-state index in [0.29, 0.717) is 11.5 Å². The smallest absolute Gasteiger partial charge is 0.330 e. The van der Waals surface area contributed by atoms with E-state index >= 15 is 0 Å². The molecule has 2 bridgehead atoms. The van der Waals surface area contributed by atoms with E-state index < -0.39 is 40.3 Å². The lowest BCUT2D eigenvalue weighted by molar-refractivity contribution is -0.131. The molecule has 4 amide bonds. The van der Waals surface area contributed by atoms with E-state index in [4.69, 9.17) is 10.3 Å². The van der Waals surface area contributed by atoms with Gasteiger partial charge in [-0.2, -0.15) is 13.5 Å². The molecule has 23 heavy (non-hydrogen) atoms. The molecule has 2 atom stereocenters. The molecule has 0 saturated carbocycles. The number of piperidine rings is 1. The largest absolute Gasteiger partial charge is 0.418 e. The van der Waals surface area contributed by atoms with Crippen molar-refractivity contribution in [1.82, 2.24) is 20.8 Å². The number of fused-ring (bicyclic) bond motifs is 2. The number of hydrogen-bond acceptors (Lipinski definition) is 7. The van der Waals surface area contributed by atoms with Gasteiger partial charge in [0.2, 0.25) is 5.91 Å². The van der Waals surface area contributed by atoms with Crippen LogP contribution in [0.15, 0.2) is 0 Å². The van der Waals surface area contributed by atoms with Gasteiger partial charge in [-0.25, -0.2) is 4.79 Å². The van der Waals surface area contributed by atoms with Gasteiger partial charge in [-0.05, 0) is 12.8 Å². The quantitative estimate of drug-likeness (QED) is 0.310. The summed E-state index contributed by atoms with van der Waals surface area (Å²) in [5.41, 5.74) is 9.55. The number of rotatable bonds is 5. The number of hydrogen-bond donors (Lipinski definition) is 4. The van der Waals surface area contributed by atoms with Crippen molar-refractivity contribution in [3.8, 4) is 0 Å². The highest BCUT2D eigenvalue weighted by atomic mass is 32.3. The number of nitrogens with zero attached hydrogens (tertiary/aromatic N) is 2. The summed E-state index contributed by atoms with van der Waals surface area (Å²) in [6.07, 6.45) is 0.582. The van der Waals surface area contributed by atoms with Crippen LogP contribution >= 0.6 is 0 Å². The van der Waals surface area contributed by atoms with Crippen molar-refractivity contribution in [2.45, 2.75) is 31.3 Å². The monoisotopic (exact) mass is 351 g/mol. The lowest BCUT2D eigenvalue weighted by Crippen LogP contribution is -2.54. The minimum Gasteiger partial charge on any atom is -0.330 e. The van der Waals surface area contributed by atoms with Crippen molar-refractivity contribution in [2.75, 3.05) is 13.1 Å². The Balaban J connectivity index is 1.98. The number of hydroxylamine groups is 2. The fraction of sp³-hybridized carbons (Fsp3) is 0.700. The number of urea groups is 1. The van der Waals surface area contributed by atoms with Crippen LogP contribution in [0, 0.1) is 0 Å². The molecular weight excluding hydrogens is 334 g/mol. The average Bonchev–Trinajstić information content (AvgIpc) is 2.69. The lowest BCUT2D eigenvalue weighted by Gasteiger charge is -2.29. The molecule has 130 valence electrons. The fourth-order valence-corrected chi connectivity index (χ4v) is 2.90. The van der Waals surface area contributed by atoms with Crippen molar-refractivity contribution in [3.63, 3.8) is 0 Å². The molecule has 12 nitrogen and oxygen atoms in total. The zero-order chi connectivity index (χ0) is 17.2. The van der Waals surface area contributed by atoms with E-state index in [-0.39, 0.29) is 25.9 Å². The van der Waals surface area contributed by atoms with Crippen LogP contribution in [0.3, 0.4) is 0 Å². The Labute approximate surface area is 131 Å². The summed E-state index contributed by atoms with van der Waals surface area (Å²) in [6.45, 7) is 0.197. The maximum atomic E-state index is 12.1. The van der Waals surface area contributed by atoms with E-state index in [0.717, 1.165) is 4.90 Å². The molecule has 0 aromatic carbocycles. The molecule has 2 fully saturated rings. The molecule has 2 aliphatic rings. The number of carbonyl (C=O) groups excluding carboxylic acids is 3. The minimum absolute atomic E-state index is 0.0334. The topological polar surface area (TPSA) is 171 Å². The summed E-state index contributed by atoms with van der Waals surface area (Å²) < 4.78 is 34.4. The summed E-state index contributed by atoms with van der Waals surface area (Å²) >= 11 is 0. The fourth-order valence-electron chi connectivity index (χ4n) is 2.51. The van der Waals surface area contributed by atoms with E-state index in [1.807, 2.05) is 0 Å². The normalized spacial score (nSPS) is 23.8. The molecule has 13 heteroatoms. The van der Waals surface area contributed by atoms with Crippen LogP contribution in [-0.4, -0.2) is 66.0 Å². The molecule has 0 radical (unpaired) electrons. The lowest BCUT2D eigenvalue weighted by atomic mass is 10.0. The maximum absolute atomic E-state index is 12.1. The Hall–Kier alpha value is -1.96. The zero-order valence-electron chi connectivity index (χ0n) is 12.0. The van der Waals surface area contributed by atoms with Gasteiger partial charge in [-0.15, -0.1) is 4.28 Å². The first kappa shape index (κ1) is 17.4. The Morgan fingerprint density at radius 3 is 2.65 bits per heavy atom. The first-order valence-corrected chi connectivity index (χ1v) is 8.15. The summed E-state index contributed by atoms with van der Waals surface area (Å²) in [6, 6.07) is -2.31. The molecule has 5 N–H and O–H groups in total. The van der Waals surface area contributed by atoms with Gasteiger partial charge >= 0.3 is 16.4 Å². The molecule has 0 spiro atoms. The summed E-state index contributed by atoms with van der Waals surface area (Å²) in [5.74, 6) is -1.09. The van der Waals surface area contributed by atoms with Crippen molar-refractivity contribution >= 4 is 28.2 Å². The second kappa shape index (κ2) is 6.66. The van der Waals surface area contributed by atoms with E-state index in [9.17, 15) is 22.8 Å². The number of nitrogens with one attached hydrogen (secondary N) is 2. The molecule has 2 aliphatic heterocycles. The molecule has 0 aromatic rings. The highest BCUT2D eigenvalue weighted by Crippen LogP contribution is 2.30. The Morgan fingerprint density at radius 1 is 1.35 bits per heavy atom. The molecule has 0 aromatic heterocycles. The molecule has 2 rings (SSSR count). The van der Waals surface area contributed by atoms with E-state index in [1.54, 1.807) is 0 Å². The summed E-state index contributed by atoms with van der Waals surface area (Å²) in [4.78, 5) is 36.5. The highest BCUT2D eigenvalue weighted by molar-refractivity contribution is 7.80. The molecule has 0 unspecified atom stereocenters. The summed E-state index contributed by atoms with van der Waals surface area (Å²) in [5, 5.41) is 0.537. The number of carbonyl (C=O) groups is 3. The van der Waals surface area contributed by atoms with Gasteiger partial charge in [0.1, 0.15) is 6.04 Å². The first-order valence-electron chi connectivity index (χ1n) is 6.78. The van der Waals surface area contributed by atoms with Gasteiger partial charge in [-0.1, -0.05) is 0 Å². The van der Waals surface area contributed by atoms with Crippen LogP contribution in [-0.2, 0) is 24.3 Å². The van der Waals surface area contributed by atoms with Crippen molar-refractivity contribution in [2.24, 2.45) is 5.73 Å². The van der Waals surface area contributed by atoms with E-state index in [2.05, 4.69) is 15.1 Å². The zero-order valence-corrected chi connectivity index (χ0v) is 12.8. The number of nitrogens with two attached hydrogens (primary N) is 1. The van der Waals surface area contributed by atoms with Gasteiger partial charge < -0.3 is 10.6 Å². The van der Waals surface area contributed by atoms with Gasteiger partial charge in [0.25, 0.3) is 5.91 Å². The molecule has 2 saturated heterocycles. The van der Waals surface area contributed by atoms with Crippen molar-refractivity contribution in [3.05, 3.63) is 0 Å². The number of hydrazine groups is 1. The first-order chi connectivity index (χ1) is 10.7. The average molecular weight is 351 g/mol. The number of amides is 4. The van der Waals surface area contributed by atoms with Crippen LogP contribution in [0.4, 0.5) is 4.79 Å². The minimum atomic E-state index is -4.84. The van der Waals surface area contributed by atoms with E-state index in [1.165, 1.54) is 0 Å². The van der Waals surface area contributed by atoms with Crippen LogP contribution in [0.5, 0.6) is 0 Å². The summed E-state index contributed by atoms with van der Waals surface area (Å²) in [7, 11) is -4.84. The van der Waals surface area contributed by atoms with Crippen molar-refractivity contribution in [1.29, 1.82) is 0 Å². The van der Waals surface area contributed by atoms with Gasteiger partial charge in [0.05, 0.1) is 6.04 Å². The predicted octanol–water partition coefficient (Wildman–Crippen LogP) is -2.51.